The van der Waals surface area contributed by atoms with Gasteiger partial charge in [0.1, 0.15) is 6.61 Å². The summed E-state index contributed by atoms with van der Waals surface area (Å²) in [7, 11) is 0. The first-order valence-electron chi connectivity index (χ1n) is 4.34. The van der Waals surface area contributed by atoms with Crippen molar-refractivity contribution >= 4 is 5.97 Å². The van der Waals surface area contributed by atoms with Crippen LogP contribution in [0.5, 0.6) is 0 Å². The van der Waals surface area contributed by atoms with Crippen LogP contribution < -0.4 is 5.73 Å². The van der Waals surface area contributed by atoms with Crippen LogP contribution in [-0.4, -0.2) is 18.6 Å². The molecule has 0 amide bonds. The molecule has 0 aliphatic carbocycles. The fourth-order valence-electron chi connectivity index (χ4n) is 0.817. The van der Waals surface area contributed by atoms with Crippen LogP contribution in [0.15, 0.2) is 30.3 Å². The van der Waals surface area contributed by atoms with Crippen LogP contribution in [0.1, 0.15) is 17.3 Å². The van der Waals surface area contributed by atoms with Crippen LogP contribution >= 0.6 is 0 Å². The van der Waals surface area contributed by atoms with E-state index in [0.717, 1.165) is 0 Å². The van der Waals surface area contributed by atoms with E-state index in [0.29, 0.717) is 5.56 Å². The third-order valence-electron chi connectivity index (χ3n) is 1.48. The zero-order valence-electron chi connectivity index (χ0n) is 7.97. The smallest absolute Gasteiger partial charge is 0.326 e. The molecule has 0 spiro atoms. The van der Waals surface area contributed by atoms with E-state index in [1.165, 1.54) is 0 Å². The number of carbonyl (C=O) groups is 1. The minimum atomic E-state index is -0.508. The minimum absolute atomic E-state index is 0.154. The molecule has 1 aromatic carbocycles. The largest absolute Gasteiger partial charge is 0.373 e. The van der Waals surface area contributed by atoms with Gasteiger partial charge in [0.15, 0.2) is 0 Å². The fraction of sp³-hybridized carbons (Fsp3) is 0.300. The van der Waals surface area contributed by atoms with Crippen molar-refractivity contribution in [3.05, 3.63) is 35.9 Å². The number of hydrogen-bond acceptors (Lipinski definition) is 4. The summed E-state index contributed by atoms with van der Waals surface area (Å²) in [5.74, 6) is -0.508. The molecule has 0 saturated carbocycles. The van der Waals surface area contributed by atoms with E-state index in [-0.39, 0.29) is 12.6 Å². The average Bonchev–Trinajstić information content (AvgIpc) is 2.18. The number of carbonyl (C=O) groups excluding carboxylic acids is 1. The third-order valence-corrected chi connectivity index (χ3v) is 1.48. The monoisotopic (exact) mass is 195 g/mol. The molecule has 0 aromatic heterocycles. The molecule has 1 unspecified atom stereocenters. The number of rotatable bonds is 4. The lowest BCUT2D eigenvalue weighted by atomic mass is 10.2. The van der Waals surface area contributed by atoms with Crippen molar-refractivity contribution < 1.29 is 14.6 Å². The minimum Gasteiger partial charge on any atom is -0.326 e. The third kappa shape index (κ3) is 3.55. The second-order valence-corrected chi connectivity index (χ2v) is 3.00. The van der Waals surface area contributed by atoms with E-state index in [1.807, 2.05) is 6.07 Å². The van der Waals surface area contributed by atoms with Crippen molar-refractivity contribution in [3.8, 4) is 0 Å². The standard InChI is InChI=1S/C10H13NO3/c1-8(11)7-13-14-10(12)9-5-3-2-4-6-9/h2-6,8H,7,11H2,1H3. The molecule has 14 heavy (non-hydrogen) atoms. The first-order valence-corrected chi connectivity index (χ1v) is 4.34. The van der Waals surface area contributed by atoms with E-state index >= 15 is 0 Å². The lowest BCUT2D eigenvalue weighted by molar-refractivity contribution is -0.242. The Morgan fingerprint density at radius 2 is 2.07 bits per heavy atom. The first-order chi connectivity index (χ1) is 6.70. The lowest BCUT2D eigenvalue weighted by Crippen LogP contribution is -2.22. The van der Waals surface area contributed by atoms with E-state index < -0.39 is 5.97 Å². The van der Waals surface area contributed by atoms with Gasteiger partial charge < -0.3 is 5.73 Å². The zero-order valence-corrected chi connectivity index (χ0v) is 7.97. The Morgan fingerprint density at radius 1 is 1.43 bits per heavy atom. The van der Waals surface area contributed by atoms with Gasteiger partial charge in [-0.15, -0.1) is 0 Å². The van der Waals surface area contributed by atoms with E-state index in [4.69, 9.17) is 5.73 Å². The summed E-state index contributed by atoms with van der Waals surface area (Å²) in [5, 5.41) is 0. The SMILES string of the molecule is CC(N)COOC(=O)c1ccccc1. The molecule has 0 aliphatic heterocycles. The van der Waals surface area contributed by atoms with Gasteiger partial charge in [0.05, 0.1) is 5.56 Å². The van der Waals surface area contributed by atoms with Gasteiger partial charge in [-0.1, -0.05) is 18.2 Å². The van der Waals surface area contributed by atoms with Crippen molar-refractivity contribution in [1.82, 2.24) is 0 Å². The van der Waals surface area contributed by atoms with Crippen LogP contribution in [0, 0.1) is 0 Å². The maximum atomic E-state index is 11.2. The van der Waals surface area contributed by atoms with E-state index in [9.17, 15) is 4.79 Å². The van der Waals surface area contributed by atoms with Crippen LogP contribution in [0.2, 0.25) is 0 Å². The van der Waals surface area contributed by atoms with Crippen LogP contribution in [0.3, 0.4) is 0 Å². The summed E-state index contributed by atoms with van der Waals surface area (Å²) in [6.07, 6.45) is 0. The number of hydrogen-bond donors (Lipinski definition) is 1. The van der Waals surface area contributed by atoms with Crippen molar-refractivity contribution in [2.45, 2.75) is 13.0 Å². The lowest BCUT2D eigenvalue weighted by Gasteiger charge is -2.05. The van der Waals surface area contributed by atoms with Gasteiger partial charge in [0.25, 0.3) is 0 Å². The van der Waals surface area contributed by atoms with Gasteiger partial charge in [-0.3, -0.25) is 4.89 Å². The Hall–Kier alpha value is -1.39. The highest BCUT2D eigenvalue weighted by Crippen LogP contribution is 2.01. The fourth-order valence-corrected chi connectivity index (χ4v) is 0.817. The quantitative estimate of drug-likeness (QED) is 0.577. The number of nitrogens with two attached hydrogens (primary N) is 1. The predicted octanol–water partition coefficient (Wildman–Crippen LogP) is 1.12. The van der Waals surface area contributed by atoms with Crippen LogP contribution in [-0.2, 0) is 9.78 Å². The second kappa shape index (κ2) is 5.36. The highest BCUT2D eigenvalue weighted by atomic mass is 17.2. The van der Waals surface area contributed by atoms with Crippen LogP contribution in [0.25, 0.3) is 0 Å². The molecule has 4 nitrogen and oxygen atoms in total. The maximum Gasteiger partial charge on any atom is 0.373 e. The highest BCUT2D eigenvalue weighted by Gasteiger charge is 2.07. The summed E-state index contributed by atoms with van der Waals surface area (Å²) in [5.41, 5.74) is 5.86. The maximum absolute atomic E-state index is 11.2. The summed E-state index contributed by atoms with van der Waals surface area (Å²) < 4.78 is 0. The average molecular weight is 195 g/mol. The first kappa shape index (κ1) is 10.7. The molecule has 76 valence electrons. The molecule has 1 aromatic rings. The normalized spacial score (nSPS) is 12.1. The Labute approximate surface area is 82.5 Å². The molecule has 1 atom stereocenters. The molecule has 0 saturated heterocycles. The van der Waals surface area contributed by atoms with Gasteiger partial charge in [-0.25, -0.2) is 4.79 Å². The molecule has 4 heteroatoms. The summed E-state index contributed by atoms with van der Waals surface area (Å²) in [4.78, 5) is 20.4. The molecular weight excluding hydrogens is 182 g/mol. The van der Waals surface area contributed by atoms with Gasteiger partial charge in [-0.2, -0.15) is 4.89 Å². The van der Waals surface area contributed by atoms with Gasteiger partial charge in [0.2, 0.25) is 0 Å². The molecular formula is C10H13NO3. The molecule has 0 heterocycles. The topological polar surface area (TPSA) is 61.6 Å². The van der Waals surface area contributed by atoms with Crippen molar-refractivity contribution in [2.24, 2.45) is 5.73 Å². The van der Waals surface area contributed by atoms with Crippen molar-refractivity contribution in [1.29, 1.82) is 0 Å². The van der Waals surface area contributed by atoms with Crippen molar-refractivity contribution in [2.75, 3.05) is 6.61 Å². The molecule has 0 aliphatic rings. The highest BCUT2D eigenvalue weighted by molar-refractivity contribution is 5.88. The molecule has 2 N–H and O–H groups in total. The van der Waals surface area contributed by atoms with Gasteiger partial charge in [0, 0.05) is 6.04 Å². The molecule has 0 fully saturated rings. The van der Waals surface area contributed by atoms with E-state index in [2.05, 4.69) is 9.78 Å². The zero-order chi connectivity index (χ0) is 10.4. The molecule has 0 bridgehead atoms. The van der Waals surface area contributed by atoms with Gasteiger partial charge >= 0.3 is 5.97 Å². The Bertz CT molecular complexity index is 285. The summed E-state index contributed by atoms with van der Waals surface area (Å²) in [6, 6.07) is 8.47. The van der Waals surface area contributed by atoms with Crippen molar-refractivity contribution in [3.63, 3.8) is 0 Å². The predicted molar refractivity (Wildman–Crippen MR) is 51.5 cm³/mol. The van der Waals surface area contributed by atoms with Gasteiger partial charge in [-0.05, 0) is 19.1 Å². The molecule has 0 radical (unpaired) electrons. The summed E-state index contributed by atoms with van der Waals surface area (Å²) >= 11 is 0. The molecule has 1 rings (SSSR count). The number of benzene rings is 1. The van der Waals surface area contributed by atoms with E-state index in [1.54, 1.807) is 31.2 Å². The van der Waals surface area contributed by atoms with Crippen LogP contribution in [0.4, 0.5) is 0 Å². The Kier molecular flexibility index (Phi) is 4.10. The Balaban J connectivity index is 2.36. The summed E-state index contributed by atoms with van der Waals surface area (Å²) in [6.45, 7) is 1.95. The Morgan fingerprint density at radius 3 is 2.64 bits per heavy atom. The second-order valence-electron chi connectivity index (χ2n) is 3.00.